The second-order valence-electron chi connectivity index (χ2n) is 6.36. The number of nitrogens with zero attached hydrogens (tertiary/aromatic N) is 2. The van der Waals surface area contributed by atoms with Crippen LogP contribution in [-0.2, 0) is 4.74 Å². The lowest BCUT2D eigenvalue weighted by molar-refractivity contribution is 0.135. The smallest absolute Gasteiger partial charge is 0.319 e. The van der Waals surface area contributed by atoms with Gasteiger partial charge in [0.1, 0.15) is 0 Å². The van der Waals surface area contributed by atoms with Crippen molar-refractivity contribution in [3.8, 4) is 5.88 Å². The number of nitrogens with one attached hydrogen (secondary N) is 2. The molecule has 2 aliphatic heterocycles. The summed E-state index contributed by atoms with van der Waals surface area (Å²) >= 11 is 0. The van der Waals surface area contributed by atoms with Gasteiger partial charge in [0.25, 0.3) is 0 Å². The standard InChI is InChI=1S/C17H26N4O3/c1-23-16-5-4-14(10-18-16)20-17(22)19-11-15(13-6-9-24-12-13)21-7-2-3-8-21/h4-5,10,13,15H,2-3,6-9,11-12H2,1H3,(H2,19,20,22)/t13-,15+/m1/s1. The lowest BCUT2D eigenvalue weighted by Crippen LogP contribution is -2.48. The van der Waals surface area contributed by atoms with E-state index < -0.39 is 0 Å². The third-order valence-corrected chi connectivity index (χ3v) is 4.79. The maximum absolute atomic E-state index is 12.2. The van der Waals surface area contributed by atoms with Crippen molar-refractivity contribution in [2.24, 2.45) is 5.92 Å². The van der Waals surface area contributed by atoms with Crippen molar-refractivity contribution in [1.82, 2.24) is 15.2 Å². The van der Waals surface area contributed by atoms with E-state index in [0.29, 0.717) is 30.1 Å². The van der Waals surface area contributed by atoms with Gasteiger partial charge in [0.15, 0.2) is 0 Å². The highest BCUT2D eigenvalue weighted by Crippen LogP contribution is 2.24. The third kappa shape index (κ3) is 4.36. The molecule has 7 heteroatoms. The van der Waals surface area contributed by atoms with E-state index in [9.17, 15) is 4.79 Å². The number of likely N-dealkylation sites (tertiary alicyclic amines) is 1. The molecule has 0 unspecified atom stereocenters. The first-order valence-corrected chi connectivity index (χ1v) is 8.63. The Morgan fingerprint density at radius 1 is 1.46 bits per heavy atom. The summed E-state index contributed by atoms with van der Waals surface area (Å²) in [5, 5.41) is 5.82. The fraction of sp³-hybridized carbons (Fsp3) is 0.647. The first-order chi connectivity index (χ1) is 11.8. The molecule has 2 fully saturated rings. The van der Waals surface area contributed by atoms with E-state index in [1.165, 1.54) is 12.8 Å². The summed E-state index contributed by atoms with van der Waals surface area (Å²) in [4.78, 5) is 18.7. The predicted octanol–water partition coefficient (Wildman–Crippen LogP) is 1.71. The minimum absolute atomic E-state index is 0.204. The van der Waals surface area contributed by atoms with Gasteiger partial charge in [-0.1, -0.05) is 0 Å². The van der Waals surface area contributed by atoms with Crippen LogP contribution in [0, 0.1) is 5.92 Å². The normalized spacial score (nSPS) is 22.3. The van der Waals surface area contributed by atoms with E-state index in [0.717, 1.165) is 32.7 Å². The van der Waals surface area contributed by atoms with Crippen molar-refractivity contribution in [3.05, 3.63) is 18.3 Å². The maximum atomic E-state index is 12.2. The molecule has 3 rings (SSSR count). The molecule has 132 valence electrons. The molecule has 1 aromatic rings. The van der Waals surface area contributed by atoms with Crippen molar-refractivity contribution in [2.75, 3.05) is 45.3 Å². The minimum atomic E-state index is -0.204. The predicted molar refractivity (Wildman–Crippen MR) is 91.3 cm³/mol. The van der Waals surface area contributed by atoms with Gasteiger partial charge in [0.05, 0.1) is 25.6 Å². The van der Waals surface area contributed by atoms with Gasteiger partial charge in [-0.15, -0.1) is 0 Å². The summed E-state index contributed by atoms with van der Waals surface area (Å²) in [6, 6.07) is 3.65. The van der Waals surface area contributed by atoms with Crippen LogP contribution in [-0.4, -0.2) is 61.9 Å². The molecule has 24 heavy (non-hydrogen) atoms. The fourth-order valence-electron chi connectivity index (χ4n) is 3.47. The number of rotatable bonds is 6. The van der Waals surface area contributed by atoms with Crippen LogP contribution in [0.3, 0.4) is 0 Å². The van der Waals surface area contributed by atoms with Crippen LogP contribution in [0.4, 0.5) is 10.5 Å². The van der Waals surface area contributed by atoms with Crippen molar-refractivity contribution < 1.29 is 14.3 Å². The molecular weight excluding hydrogens is 308 g/mol. The SMILES string of the molecule is COc1ccc(NC(=O)NC[C@@H]([C@@H]2CCOC2)N2CCCC2)cn1. The quantitative estimate of drug-likeness (QED) is 0.828. The Labute approximate surface area is 142 Å². The zero-order chi connectivity index (χ0) is 16.8. The Morgan fingerprint density at radius 2 is 2.29 bits per heavy atom. The van der Waals surface area contributed by atoms with Crippen molar-refractivity contribution >= 4 is 11.7 Å². The van der Waals surface area contributed by atoms with Crippen LogP contribution in [0.1, 0.15) is 19.3 Å². The highest BCUT2D eigenvalue weighted by Gasteiger charge is 2.32. The van der Waals surface area contributed by atoms with Gasteiger partial charge >= 0.3 is 6.03 Å². The number of hydrogen-bond acceptors (Lipinski definition) is 5. The molecule has 2 N–H and O–H groups in total. The van der Waals surface area contributed by atoms with Crippen molar-refractivity contribution in [1.29, 1.82) is 0 Å². The van der Waals surface area contributed by atoms with Gasteiger partial charge < -0.3 is 20.1 Å². The first-order valence-electron chi connectivity index (χ1n) is 8.63. The molecule has 7 nitrogen and oxygen atoms in total. The van der Waals surface area contributed by atoms with Crippen molar-refractivity contribution in [3.63, 3.8) is 0 Å². The fourth-order valence-corrected chi connectivity index (χ4v) is 3.47. The molecule has 2 amide bonds. The summed E-state index contributed by atoms with van der Waals surface area (Å²) in [6.45, 7) is 4.51. The molecule has 0 spiro atoms. The van der Waals surface area contributed by atoms with Crippen LogP contribution in [0.5, 0.6) is 5.88 Å². The molecule has 3 heterocycles. The average Bonchev–Trinajstić information content (AvgIpc) is 3.30. The lowest BCUT2D eigenvalue weighted by Gasteiger charge is -2.31. The molecule has 1 aromatic heterocycles. The van der Waals surface area contributed by atoms with Crippen LogP contribution in [0.2, 0.25) is 0 Å². The van der Waals surface area contributed by atoms with E-state index in [2.05, 4.69) is 20.5 Å². The molecule has 2 aliphatic rings. The number of amides is 2. The molecule has 0 saturated carbocycles. The zero-order valence-corrected chi connectivity index (χ0v) is 14.2. The van der Waals surface area contributed by atoms with E-state index >= 15 is 0 Å². The second-order valence-corrected chi connectivity index (χ2v) is 6.36. The van der Waals surface area contributed by atoms with Crippen LogP contribution in [0.25, 0.3) is 0 Å². The molecular formula is C17H26N4O3. The minimum Gasteiger partial charge on any atom is -0.481 e. The van der Waals surface area contributed by atoms with Crippen LogP contribution < -0.4 is 15.4 Å². The number of pyridine rings is 1. The van der Waals surface area contributed by atoms with Gasteiger partial charge in [-0.3, -0.25) is 4.90 Å². The Bertz CT molecular complexity index is 509. The Morgan fingerprint density at radius 3 is 2.92 bits per heavy atom. The number of ether oxygens (including phenoxy) is 2. The first kappa shape index (κ1) is 17.0. The number of anilines is 1. The maximum Gasteiger partial charge on any atom is 0.319 e. The van der Waals surface area contributed by atoms with E-state index in [1.807, 2.05) is 0 Å². The third-order valence-electron chi connectivity index (χ3n) is 4.79. The summed E-state index contributed by atoms with van der Waals surface area (Å²) in [5.41, 5.74) is 0.648. The largest absolute Gasteiger partial charge is 0.481 e. The molecule has 0 radical (unpaired) electrons. The van der Waals surface area contributed by atoms with Gasteiger partial charge in [-0.2, -0.15) is 0 Å². The highest BCUT2D eigenvalue weighted by molar-refractivity contribution is 5.89. The lowest BCUT2D eigenvalue weighted by atomic mass is 9.97. The monoisotopic (exact) mass is 334 g/mol. The summed E-state index contributed by atoms with van der Waals surface area (Å²) in [6.07, 6.45) is 5.15. The average molecular weight is 334 g/mol. The zero-order valence-electron chi connectivity index (χ0n) is 14.2. The molecule has 0 bridgehead atoms. The summed E-state index contributed by atoms with van der Waals surface area (Å²) in [7, 11) is 1.56. The number of urea groups is 1. The molecule has 0 aliphatic carbocycles. The Hall–Kier alpha value is -1.86. The Kier molecular flexibility index (Phi) is 5.87. The highest BCUT2D eigenvalue weighted by atomic mass is 16.5. The van der Waals surface area contributed by atoms with Crippen LogP contribution >= 0.6 is 0 Å². The number of carbonyl (C=O) groups is 1. The van der Waals surface area contributed by atoms with Gasteiger partial charge in [0.2, 0.25) is 5.88 Å². The van der Waals surface area contributed by atoms with Gasteiger partial charge in [0, 0.05) is 31.2 Å². The molecule has 0 aromatic carbocycles. The second kappa shape index (κ2) is 8.30. The Balaban J connectivity index is 1.51. The van der Waals surface area contributed by atoms with Crippen LogP contribution in [0.15, 0.2) is 18.3 Å². The van der Waals surface area contributed by atoms with E-state index in [-0.39, 0.29) is 6.03 Å². The van der Waals surface area contributed by atoms with Gasteiger partial charge in [-0.05, 0) is 38.4 Å². The topological polar surface area (TPSA) is 75.7 Å². The van der Waals surface area contributed by atoms with E-state index in [1.54, 1.807) is 25.4 Å². The number of hydrogen-bond donors (Lipinski definition) is 2. The number of aromatic nitrogens is 1. The number of carbonyl (C=O) groups excluding carboxylic acids is 1. The number of methoxy groups -OCH3 is 1. The molecule has 2 atom stereocenters. The summed E-state index contributed by atoms with van der Waals surface area (Å²) in [5.74, 6) is 1.03. The van der Waals surface area contributed by atoms with Crippen molar-refractivity contribution in [2.45, 2.75) is 25.3 Å². The van der Waals surface area contributed by atoms with E-state index in [4.69, 9.17) is 9.47 Å². The van der Waals surface area contributed by atoms with Gasteiger partial charge in [-0.25, -0.2) is 9.78 Å². The molecule has 2 saturated heterocycles. The summed E-state index contributed by atoms with van der Waals surface area (Å²) < 4.78 is 10.6.